The lowest BCUT2D eigenvalue weighted by molar-refractivity contribution is 0.224. The van der Waals surface area contributed by atoms with Crippen LogP contribution < -0.4 is 4.74 Å². The van der Waals surface area contributed by atoms with Crippen LogP contribution in [-0.4, -0.2) is 24.9 Å². The van der Waals surface area contributed by atoms with Gasteiger partial charge in [-0.1, -0.05) is 5.16 Å². The van der Waals surface area contributed by atoms with Gasteiger partial charge in [0.05, 0.1) is 11.4 Å². The van der Waals surface area contributed by atoms with Crippen LogP contribution >= 0.6 is 15.9 Å². The van der Waals surface area contributed by atoms with Crippen LogP contribution in [0.2, 0.25) is 0 Å². The van der Waals surface area contributed by atoms with Crippen LogP contribution in [0.15, 0.2) is 51.9 Å². The molecule has 3 aromatic heterocycles. The number of aryl methyl sites for hydroxylation is 1. The van der Waals surface area contributed by atoms with Crippen LogP contribution in [0.4, 0.5) is 4.39 Å². The summed E-state index contributed by atoms with van der Waals surface area (Å²) in [6.45, 7) is 4.13. The first-order valence-corrected chi connectivity index (χ1v) is 11.7. The van der Waals surface area contributed by atoms with E-state index in [1.807, 2.05) is 26.0 Å². The van der Waals surface area contributed by atoms with E-state index in [2.05, 4.69) is 36.2 Å². The van der Waals surface area contributed by atoms with E-state index in [0.29, 0.717) is 29.4 Å². The fourth-order valence-electron chi connectivity index (χ4n) is 3.82. The maximum absolute atomic E-state index is 14.2. The summed E-state index contributed by atoms with van der Waals surface area (Å²) >= 11 is 3.42. The fraction of sp³-hybridized carbons (Fsp3) is 0.333. The zero-order valence-electron chi connectivity index (χ0n) is 18.3. The number of pyridine rings is 1. The highest BCUT2D eigenvalue weighted by Gasteiger charge is 2.24. The van der Waals surface area contributed by atoms with Crippen molar-refractivity contribution in [3.8, 4) is 17.1 Å². The van der Waals surface area contributed by atoms with Gasteiger partial charge >= 0.3 is 0 Å². The van der Waals surface area contributed by atoms with E-state index in [-0.39, 0.29) is 5.82 Å². The van der Waals surface area contributed by atoms with Crippen molar-refractivity contribution in [2.75, 3.05) is 0 Å². The molecule has 4 aromatic rings. The highest BCUT2D eigenvalue weighted by molar-refractivity contribution is 9.10. The minimum Gasteiger partial charge on any atom is -0.484 e. The number of hydrogen-bond acceptors (Lipinski definition) is 6. The van der Waals surface area contributed by atoms with Gasteiger partial charge in [0.2, 0.25) is 0 Å². The monoisotopic (exact) mass is 511 g/mol. The zero-order chi connectivity index (χ0) is 22.9. The number of ether oxygens (including phenoxy) is 1. The molecule has 0 amide bonds. The molecule has 0 aliphatic heterocycles. The number of aromatic nitrogens is 5. The van der Waals surface area contributed by atoms with Gasteiger partial charge < -0.3 is 9.26 Å². The molecule has 1 saturated carbocycles. The maximum Gasteiger partial charge on any atom is 0.158 e. The molecule has 0 bridgehead atoms. The highest BCUT2D eigenvalue weighted by Crippen LogP contribution is 2.34. The molecular formula is C24H23BrFN5O2. The Morgan fingerprint density at radius 2 is 2.09 bits per heavy atom. The molecule has 0 unspecified atom stereocenters. The van der Waals surface area contributed by atoms with Gasteiger partial charge in [-0.05, 0) is 79.2 Å². The van der Waals surface area contributed by atoms with Gasteiger partial charge in [-0.2, -0.15) is 5.10 Å². The molecule has 0 saturated heterocycles. The number of halogens is 2. The molecule has 0 spiro atoms. The van der Waals surface area contributed by atoms with Crippen LogP contribution in [0, 0.1) is 18.7 Å². The second kappa shape index (κ2) is 9.05. The van der Waals surface area contributed by atoms with Gasteiger partial charge in [0, 0.05) is 27.9 Å². The van der Waals surface area contributed by atoms with Crippen LogP contribution in [0.25, 0.3) is 11.4 Å². The molecule has 1 aliphatic carbocycles. The highest BCUT2D eigenvalue weighted by atomic mass is 79.9. The first kappa shape index (κ1) is 21.8. The van der Waals surface area contributed by atoms with E-state index in [1.54, 1.807) is 16.9 Å². The normalized spacial score (nSPS) is 14.4. The van der Waals surface area contributed by atoms with Crippen LogP contribution in [0.5, 0.6) is 5.75 Å². The summed E-state index contributed by atoms with van der Waals surface area (Å²) in [5.74, 6) is 2.32. The van der Waals surface area contributed by atoms with Crippen LogP contribution in [0.1, 0.15) is 48.6 Å². The Bertz CT molecular complexity index is 1280. The number of benzene rings is 1. The standard InChI is InChI=1S/C24H23BrFN5O2/c1-14-23(8-17(25)11-27-14)32-15(2)22-9-18(26)5-6-21(22)24-28-13-29-31(24)12-20-10-19(30-33-20)7-16-3-4-16/h5-6,8-11,13,15-16H,3-4,7,12H2,1-2H3/t15-/m0/s1. The summed E-state index contributed by atoms with van der Waals surface area (Å²) in [6.07, 6.45) is 6.22. The molecule has 33 heavy (non-hydrogen) atoms. The van der Waals surface area contributed by atoms with Crippen LogP contribution in [0.3, 0.4) is 0 Å². The van der Waals surface area contributed by atoms with Gasteiger partial charge in [0.1, 0.15) is 30.5 Å². The van der Waals surface area contributed by atoms with Crippen molar-refractivity contribution in [1.82, 2.24) is 24.9 Å². The Morgan fingerprint density at radius 3 is 2.91 bits per heavy atom. The molecule has 3 heterocycles. The van der Waals surface area contributed by atoms with Crippen molar-refractivity contribution < 1.29 is 13.7 Å². The third-order valence-electron chi connectivity index (χ3n) is 5.73. The van der Waals surface area contributed by atoms with Crippen molar-refractivity contribution >= 4 is 15.9 Å². The summed E-state index contributed by atoms with van der Waals surface area (Å²) < 4.78 is 28.5. The van der Waals surface area contributed by atoms with Crippen molar-refractivity contribution in [1.29, 1.82) is 0 Å². The first-order chi connectivity index (χ1) is 16.0. The third kappa shape index (κ3) is 4.98. The fourth-order valence-corrected chi connectivity index (χ4v) is 4.13. The third-order valence-corrected chi connectivity index (χ3v) is 6.16. The molecule has 0 radical (unpaired) electrons. The summed E-state index contributed by atoms with van der Waals surface area (Å²) in [7, 11) is 0. The van der Waals surface area contributed by atoms with Gasteiger partial charge in [-0.25, -0.2) is 14.1 Å². The van der Waals surface area contributed by atoms with Crippen molar-refractivity contribution in [2.24, 2.45) is 5.92 Å². The smallest absolute Gasteiger partial charge is 0.158 e. The summed E-state index contributed by atoms with van der Waals surface area (Å²) in [6, 6.07) is 8.42. The van der Waals surface area contributed by atoms with E-state index in [4.69, 9.17) is 9.26 Å². The Morgan fingerprint density at radius 1 is 1.24 bits per heavy atom. The van der Waals surface area contributed by atoms with Crippen LogP contribution in [-0.2, 0) is 13.0 Å². The van der Waals surface area contributed by atoms with E-state index in [0.717, 1.165) is 33.8 Å². The summed E-state index contributed by atoms with van der Waals surface area (Å²) in [5.41, 5.74) is 3.12. The number of rotatable bonds is 8. The Balaban J connectivity index is 1.42. The molecule has 9 heteroatoms. The van der Waals surface area contributed by atoms with Crippen molar-refractivity contribution in [3.05, 3.63) is 75.9 Å². The Hall–Kier alpha value is -3.07. The molecule has 1 aliphatic rings. The molecule has 170 valence electrons. The second-order valence-corrected chi connectivity index (χ2v) is 9.32. The topological polar surface area (TPSA) is 78.9 Å². The maximum atomic E-state index is 14.2. The van der Waals surface area contributed by atoms with E-state index < -0.39 is 6.10 Å². The van der Waals surface area contributed by atoms with E-state index in [1.165, 1.54) is 31.3 Å². The van der Waals surface area contributed by atoms with Gasteiger partial charge in [0.25, 0.3) is 0 Å². The predicted octanol–water partition coefficient (Wildman–Crippen LogP) is 5.68. The van der Waals surface area contributed by atoms with Gasteiger partial charge in [-0.15, -0.1) is 0 Å². The second-order valence-electron chi connectivity index (χ2n) is 8.40. The predicted molar refractivity (Wildman–Crippen MR) is 123 cm³/mol. The average molecular weight is 512 g/mol. The number of hydrogen-bond donors (Lipinski definition) is 0. The Kier molecular flexibility index (Phi) is 5.97. The lowest BCUT2D eigenvalue weighted by Crippen LogP contribution is -2.10. The van der Waals surface area contributed by atoms with Crippen molar-refractivity contribution in [3.63, 3.8) is 0 Å². The van der Waals surface area contributed by atoms with Gasteiger partial charge in [0.15, 0.2) is 11.6 Å². The lowest BCUT2D eigenvalue weighted by atomic mass is 10.0. The largest absolute Gasteiger partial charge is 0.484 e. The molecule has 5 rings (SSSR count). The molecule has 1 aromatic carbocycles. The minimum absolute atomic E-state index is 0.348. The molecular weight excluding hydrogens is 489 g/mol. The quantitative estimate of drug-likeness (QED) is 0.302. The zero-order valence-corrected chi connectivity index (χ0v) is 19.9. The minimum atomic E-state index is -0.453. The average Bonchev–Trinajstić information content (AvgIpc) is 3.30. The summed E-state index contributed by atoms with van der Waals surface area (Å²) in [4.78, 5) is 8.76. The SMILES string of the molecule is Cc1ncc(Br)cc1O[C@@H](C)c1cc(F)ccc1-c1ncnn1Cc1cc(CC2CC2)no1. The summed E-state index contributed by atoms with van der Waals surface area (Å²) in [5, 5.41) is 8.55. The Labute approximate surface area is 199 Å². The van der Waals surface area contributed by atoms with Crippen molar-refractivity contribution in [2.45, 2.75) is 45.8 Å². The van der Waals surface area contributed by atoms with E-state index in [9.17, 15) is 4.39 Å². The molecule has 1 atom stereocenters. The van der Waals surface area contributed by atoms with Gasteiger partial charge in [-0.3, -0.25) is 4.98 Å². The molecule has 0 N–H and O–H groups in total. The first-order valence-electron chi connectivity index (χ1n) is 10.9. The molecule has 7 nitrogen and oxygen atoms in total. The molecule has 1 fully saturated rings. The van der Waals surface area contributed by atoms with E-state index >= 15 is 0 Å². The number of nitrogens with zero attached hydrogens (tertiary/aromatic N) is 5. The lowest BCUT2D eigenvalue weighted by Gasteiger charge is -2.19.